The fourth-order valence-electron chi connectivity index (χ4n) is 2.39. The molecule has 0 fully saturated rings. The Morgan fingerprint density at radius 2 is 2.08 bits per heavy atom. The summed E-state index contributed by atoms with van der Waals surface area (Å²) < 4.78 is 1.80. The van der Waals surface area contributed by atoms with Crippen LogP contribution < -0.4 is 16.6 Å². The third kappa shape index (κ3) is 3.51. The van der Waals surface area contributed by atoms with Crippen molar-refractivity contribution in [2.75, 3.05) is 5.32 Å². The van der Waals surface area contributed by atoms with Gasteiger partial charge < -0.3 is 5.32 Å². The lowest BCUT2D eigenvalue weighted by atomic mass is 10.1. The number of anilines is 1. The van der Waals surface area contributed by atoms with E-state index in [0.717, 1.165) is 10.8 Å². The van der Waals surface area contributed by atoms with Crippen LogP contribution in [0.1, 0.15) is 18.1 Å². The van der Waals surface area contributed by atoms with E-state index in [4.69, 9.17) is 5.26 Å². The molecule has 0 radical (unpaired) electrons. The number of nitrogens with one attached hydrogen (secondary N) is 1. The molecule has 0 saturated heterocycles. The Kier molecular flexibility index (Phi) is 5.32. The summed E-state index contributed by atoms with van der Waals surface area (Å²) in [5, 5.41) is 22.4. The summed E-state index contributed by atoms with van der Waals surface area (Å²) in [4.78, 5) is 47.0. The number of nitriles is 1. The number of hydrogen-bond donors (Lipinski definition) is 1. The quantitative estimate of drug-likeness (QED) is 0.619. The van der Waals surface area contributed by atoms with Crippen LogP contribution in [0, 0.1) is 28.4 Å². The molecule has 134 valence electrons. The van der Waals surface area contributed by atoms with Crippen LogP contribution in [0.4, 0.5) is 11.4 Å². The van der Waals surface area contributed by atoms with Crippen molar-refractivity contribution in [1.29, 1.82) is 5.26 Å². The standard InChI is InChI=1S/C16H15N5O5/c1-3-19-8-11(7-17)15(23)20(16(19)24)9-14(22)18-12-5-4-6-13(10(12)2)21(25)26/h4-6,8H,3,9H2,1-2H3,(H,18,22). The molecular formula is C16H15N5O5. The summed E-state index contributed by atoms with van der Waals surface area (Å²) in [6.07, 6.45) is 1.14. The van der Waals surface area contributed by atoms with Gasteiger partial charge >= 0.3 is 5.69 Å². The van der Waals surface area contributed by atoms with Crippen LogP contribution in [0.2, 0.25) is 0 Å². The number of nitrogens with zero attached hydrogens (tertiary/aromatic N) is 4. The Morgan fingerprint density at radius 3 is 2.65 bits per heavy atom. The molecular weight excluding hydrogens is 342 g/mol. The van der Waals surface area contributed by atoms with Crippen LogP contribution in [0.3, 0.4) is 0 Å². The summed E-state index contributed by atoms with van der Waals surface area (Å²) in [5.41, 5.74) is -1.57. The van der Waals surface area contributed by atoms with Crippen LogP contribution in [-0.2, 0) is 17.9 Å². The fraction of sp³-hybridized carbons (Fsp3) is 0.250. The summed E-state index contributed by atoms with van der Waals surface area (Å²) in [6, 6.07) is 5.87. The molecule has 0 atom stereocenters. The van der Waals surface area contributed by atoms with E-state index in [0.29, 0.717) is 4.57 Å². The largest absolute Gasteiger partial charge is 0.331 e. The SMILES string of the molecule is CCn1cc(C#N)c(=O)n(CC(=O)Nc2cccc([N+](=O)[O-])c2C)c1=O. The molecule has 0 bridgehead atoms. The molecule has 1 aromatic carbocycles. The van der Waals surface area contributed by atoms with E-state index in [9.17, 15) is 24.5 Å². The van der Waals surface area contributed by atoms with Crippen LogP contribution in [0.5, 0.6) is 0 Å². The van der Waals surface area contributed by atoms with Gasteiger partial charge in [0.25, 0.3) is 11.2 Å². The van der Waals surface area contributed by atoms with E-state index in [1.807, 2.05) is 0 Å². The smallest absolute Gasteiger partial charge is 0.324 e. The molecule has 10 nitrogen and oxygen atoms in total. The van der Waals surface area contributed by atoms with Crippen molar-refractivity contribution in [2.45, 2.75) is 26.9 Å². The Bertz CT molecular complexity index is 1040. The number of rotatable bonds is 5. The molecule has 0 saturated carbocycles. The third-order valence-corrected chi connectivity index (χ3v) is 3.78. The Hall–Kier alpha value is -3.74. The molecule has 0 unspecified atom stereocenters. The normalized spacial score (nSPS) is 10.2. The average Bonchev–Trinajstić information content (AvgIpc) is 2.60. The molecule has 1 amide bonds. The molecule has 0 aliphatic rings. The van der Waals surface area contributed by atoms with Crippen molar-refractivity contribution in [3.63, 3.8) is 0 Å². The van der Waals surface area contributed by atoms with Crippen molar-refractivity contribution in [3.8, 4) is 6.07 Å². The van der Waals surface area contributed by atoms with Gasteiger partial charge in [0, 0.05) is 18.8 Å². The zero-order valence-electron chi connectivity index (χ0n) is 14.1. The molecule has 0 aliphatic carbocycles. The first-order valence-corrected chi connectivity index (χ1v) is 7.58. The molecule has 2 rings (SSSR count). The van der Waals surface area contributed by atoms with Gasteiger partial charge in [0.15, 0.2) is 0 Å². The Morgan fingerprint density at radius 1 is 1.38 bits per heavy atom. The second-order valence-electron chi connectivity index (χ2n) is 5.37. The number of benzene rings is 1. The number of aromatic nitrogens is 2. The zero-order valence-corrected chi connectivity index (χ0v) is 14.1. The van der Waals surface area contributed by atoms with Crippen molar-refractivity contribution in [1.82, 2.24) is 9.13 Å². The lowest BCUT2D eigenvalue weighted by Gasteiger charge is -2.11. The number of carbonyl (C=O) groups is 1. The molecule has 2 aromatic rings. The molecule has 1 aromatic heterocycles. The second-order valence-corrected chi connectivity index (χ2v) is 5.37. The van der Waals surface area contributed by atoms with Crippen molar-refractivity contribution < 1.29 is 9.72 Å². The van der Waals surface area contributed by atoms with Crippen LogP contribution >= 0.6 is 0 Å². The molecule has 10 heteroatoms. The van der Waals surface area contributed by atoms with E-state index < -0.39 is 28.6 Å². The van der Waals surface area contributed by atoms with Crippen LogP contribution in [0.15, 0.2) is 34.0 Å². The number of aryl methyl sites for hydroxylation is 1. The van der Waals surface area contributed by atoms with E-state index in [-0.39, 0.29) is 29.0 Å². The number of nitro groups is 1. The molecule has 0 aliphatic heterocycles. The number of hydrogen-bond acceptors (Lipinski definition) is 6. The summed E-state index contributed by atoms with van der Waals surface area (Å²) in [5.74, 6) is -0.717. The highest BCUT2D eigenvalue weighted by Gasteiger charge is 2.17. The van der Waals surface area contributed by atoms with Gasteiger partial charge in [0.2, 0.25) is 5.91 Å². The van der Waals surface area contributed by atoms with E-state index in [1.54, 1.807) is 13.0 Å². The van der Waals surface area contributed by atoms with Gasteiger partial charge in [-0.25, -0.2) is 9.36 Å². The van der Waals surface area contributed by atoms with Gasteiger partial charge in [-0.3, -0.25) is 24.3 Å². The van der Waals surface area contributed by atoms with Crippen LogP contribution in [0.25, 0.3) is 0 Å². The molecule has 26 heavy (non-hydrogen) atoms. The van der Waals surface area contributed by atoms with Gasteiger partial charge in [0.05, 0.1) is 16.2 Å². The lowest BCUT2D eigenvalue weighted by molar-refractivity contribution is -0.385. The molecule has 1 N–H and O–H groups in total. The maximum Gasteiger partial charge on any atom is 0.331 e. The van der Waals surface area contributed by atoms with Crippen molar-refractivity contribution in [3.05, 3.63) is 66.5 Å². The topological polar surface area (TPSA) is 140 Å². The summed E-state index contributed by atoms with van der Waals surface area (Å²) in [6.45, 7) is 2.74. The van der Waals surface area contributed by atoms with E-state index in [2.05, 4.69) is 5.32 Å². The minimum atomic E-state index is -0.867. The van der Waals surface area contributed by atoms with Crippen LogP contribution in [-0.4, -0.2) is 20.0 Å². The first-order valence-electron chi connectivity index (χ1n) is 7.58. The monoisotopic (exact) mass is 357 g/mol. The third-order valence-electron chi connectivity index (χ3n) is 3.78. The highest BCUT2D eigenvalue weighted by molar-refractivity contribution is 5.91. The van der Waals surface area contributed by atoms with Gasteiger partial charge in [-0.1, -0.05) is 6.07 Å². The van der Waals surface area contributed by atoms with Gasteiger partial charge in [-0.2, -0.15) is 5.26 Å². The predicted octanol–water partition coefficient (Wildman–Crippen LogP) is 0.757. The average molecular weight is 357 g/mol. The first kappa shape index (κ1) is 18.6. The second kappa shape index (κ2) is 7.43. The minimum absolute atomic E-state index is 0.167. The maximum atomic E-state index is 12.2. The summed E-state index contributed by atoms with van der Waals surface area (Å²) >= 11 is 0. The zero-order chi connectivity index (χ0) is 19.4. The fourth-order valence-corrected chi connectivity index (χ4v) is 2.39. The molecule has 0 spiro atoms. The Balaban J connectivity index is 2.37. The Labute approximate surface area is 147 Å². The van der Waals surface area contributed by atoms with Gasteiger partial charge in [-0.15, -0.1) is 0 Å². The predicted molar refractivity (Wildman–Crippen MR) is 91.8 cm³/mol. The highest BCUT2D eigenvalue weighted by Crippen LogP contribution is 2.24. The lowest BCUT2D eigenvalue weighted by Crippen LogP contribution is -2.43. The van der Waals surface area contributed by atoms with Gasteiger partial charge in [0.1, 0.15) is 18.2 Å². The summed E-state index contributed by atoms with van der Waals surface area (Å²) in [7, 11) is 0. The van der Waals surface area contributed by atoms with E-state index >= 15 is 0 Å². The first-order chi connectivity index (χ1) is 12.3. The van der Waals surface area contributed by atoms with Crippen molar-refractivity contribution in [2.24, 2.45) is 0 Å². The van der Waals surface area contributed by atoms with Gasteiger partial charge in [-0.05, 0) is 19.9 Å². The highest BCUT2D eigenvalue weighted by atomic mass is 16.6. The maximum absolute atomic E-state index is 12.2. The number of carbonyl (C=O) groups excluding carboxylic acids is 1. The number of nitro benzene ring substituents is 1. The minimum Gasteiger partial charge on any atom is -0.324 e. The van der Waals surface area contributed by atoms with Crippen molar-refractivity contribution >= 4 is 17.3 Å². The number of amides is 1. The molecule has 1 heterocycles. The van der Waals surface area contributed by atoms with E-state index in [1.165, 1.54) is 25.1 Å².